The number of amidine groups is 1. The average Bonchev–Trinajstić information content (AvgIpc) is 3.14. The highest BCUT2D eigenvalue weighted by atomic mass is 32.2. The molecule has 0 aromatic heterocycles. The van der Waals surface area contributed by atoms with E-state index in [2.05, 4.69) is 16.8 Å². The highest BCUT2D eigenvalue weighted by Gasteiger charge is 2.29. The molecule has 2 aliphatic heterocycles. The number of amides is 1. The van der Waals surface area contributed by atoms with E-state index in [1.54, 1.807) is 4.90 Å². The Balaban J connectivity index is 1.34. The molecule has 1 N–H and O–H groups in total. The van der Waals surface area contributed by atoms with E-state index in [-0.39, 0.29) is 5.91 Å². The molecule has 1 amide bonds. The predicted octanol–water partition coefficient (Wildman–Crippen LogP) is 2.46. The van der Waals surface area contributed by atoms with E-state index in [4.69, 9.17) is 4.74 Å². The molecule has 0 bridgehead atoms. The molecule has 2 aromatic rings. The number of carbonyl (C=O) groups excluding carboxylic acids is 1. The van der Waals surface area contributed by atoms with Gasteiger partial charge in [0, 0.05) is 0 Å². The van der Waals surface area contributed by atoms with Crippen molar-refractivity contribution in [2.45, 2.75) is 13.5 Å². The van der Waals surface area contributed by atoms with Gasteiger partial charge in [0.25, 0.3) is 5.91 Å². The van der Waals surface area contributed by atoms with Crippen molar-refractivity contribution >= 4 is 28.9 Å². The lowest BCUT2D eigenvalue weighted by Gasteiger charge is -2.32. The van der Waals surface area contributed by atoms with Crippen molar-refractivity contribution in [1.29, 1.82) is 0 Å². The molecule has 0 aliphatic carbocycles. The first kappa shape index (κ1) is 19.7. The minimum atomic E-state index is -0.139. The molecule has 2 aliphatic rings. The SMILES string of the molecule is CC[NH+]1CCN(C2=NC(=O)/C(=C/c3ccc(OCc4ccccc4)cc3)S2)CC1. The lowest BCUT2D eigenvalue weighted by Crippen LogP contribution is -3.14. The summed E-state index contributed by atoms with van der Waals surface area (Å²) in [5.41, 5.74) is 2.11. The number of piperazine rings is 1. The molecule has 2 aromatic carbocycles. The fourth-order valence-electron chi connectivity index (χ4n) is 3.45. The summed E-state index contributed by atoms with van der Waals surface area (Å²) in [4.78, 5) is 21.2. The van der Waals surface area contributed by atoms with Crippen molar-refractivity contribution in [2.75, 3.05) is 32.7 Å². The zero-order valence-electron chi connectivity index (χ0n) is 16.6. The van der Waals surface area contributed by atoms with Crippen LogP contribution in [-0.4, -0.2) is 48.7 Å². The Morgan fingerprint density at radius 1 is 1.10 bits per heavy atom. The molecule has 6 heteroatoms. The second-order valence-electron chi connectivity index (χ2n) is 7.24. The van der Waals surface area contributed by atoms with E-state index >= 15 is 0 Å². The molecule has 0 atom stereocenters. The maximum atomic E-state index is 12.3. The molecule has 0 saturated carbocycles. The van der Waals surface area contributed by atoms with Crippen molar-refractivity contribution < 1.29 is 14.4 Å². The normalized spacial score (nSPS) is 18.9. The lowest BCUT2D eigenvalue weighted by molar-refractivity contribution is -0.902. The highest BCUT2D eigenvalue weighted by molar-refractivity contribution is 8.18. The van der Waals surface area contributed by atoms with Crippen LogP contribution in [0.1, 0.15) is 18.1 Å². The smallest absolute Gasteiger partial charge is 0.286 e. The van der Waals surface area contributed by atoms with Crippen LogP contribution < -0.4 is 9.64 Å². The monoisotopic (exact) mass is 408 g/mol. The lowest BCUT2D eigenvalue weighted by atomic mass is 10.2. The van der Waals surface area contributed by atoms with Gasteiger partial charge in [-0.3, -0.25) is 4.79 Å². The Kier molecular flexibility index (Phi) is 6.32. The van der Waals surface area contributed by atoms with Crippen LogP contribution in [0.5, 0.6) is 5.75 Å². The largest absolute Gasteiger partial charge is 0.489 e. The van der Waals surface area contributed by atoms with Gasteiger partial charge < -0.3 is 14.5 Å². The number of carbonyl (C=O) groups is 1. The maximum absolute atomic E-state index is 12.3. The fraction of sp³-hybridized carbons (Fsp3) is 0.304. The molecule has 1 fully saturated rings. The molecule has 2 heterocycles. The van der Waals surface area contributed by atoms with Gasteiger partial charge in [0.15, 0.2) is 5.17 Å². The topological polar surface area (TPSA) is 46.3 Å². The third kappa shape index (κ3) is 5.08. The Hall–Kier alpha value is -2.57. The number of nitrogens with zero attached hydrogens (tertiary/aromatic N) is 2. The number of likely N-dealkylation sites (N-methyl/N-ethyl adjacent to an activating group) is 1. The Morgan fingerprint density at radius 3 is 2.52 bits per heavy atom. The minimum Gasteiger partial charge on any atom is -0.489 e. The van der Waals surface area contributed by atoms with Gasteiger partial charge in [-0.25, -0.2) is 0 Å². The van der Waals surface area contributed by atoms with Crippen LogP contribution in [0.15, 0.2) is 64.5 Å². The Bertz CT molecular complexity index is 901. The molecule has 5 nitrogen and oxygen atoms in total. The van der Waals surface area contributed by atoms with Crippen molar-refractivity contribution in [3.63, 3.8) is 0 Å². The van der Waals surface area contributed by atoms with Crippen LogP contribution in [0, 0.1) is 0 Å². The number of benzene rings is 2. The first-order valence-corrected chi connectivity index (χ1v) is 10.9. The molecule has 0 spiro atoms. The molecule has 29 heavy (non-hydrogen) atoms. The van der Waals surface area contributed by atoms with Crippen LogP contribution in [0.3, 0.4) is 0 Å². The van der Waals surface area contributed by atoms with Crippen LogP contribution in [0.4, 0.5) is 0 Å². The van der Waals surface area contributed by atoms with Crippen molar-refractivity contribution in [3.05, 3.63) is 70.6 Å². The summed E-state index contributed by atoms with van der Waals surface area (Å²) in [6.45, 7) is 8.05. The predicted molar refractivity (Wildman–Crippen MR) is 118 cm³/mol. The van der Waals surface area contributed by atoms with Gasteiger partial charge >= 0.3 is 0 Å². The number of nitrogens with one attached hydrogen (secondary N) is 1. The molecular formula is C23H26N3O2S+. The number of hydrogen-bond acceptors (Lipinski definition) is 4. The van der Waals surface area contributed by atoms with E-state index in [1.807, 2.05) is 60.7 Å². The van der Waals surface area contributed by atoms with Crippen molar-refractivity contribution in [1.82, 2.24) is 4.90 Å². The fourth-order valence-corrected chi connectivity index (χ4v) is 4.42. The first-order chi connectivity index (χ1) is 14.2. The summed E-state index contributed by atoms with van der Waals surface area (Å²) in [6.07, 6.45) is 1.91. The van der Waals surface area contributed by atoms with Crippen LogP contribution >= 0.6 is 11.8 Å². The molecule has 0 radical (unpaired) electrons. The number of rotatable bonds is 5. The van der Waals surface area contributed by atoms with Gasteiger partial charge in [-0.05, 0) is 48.0 Å². The summed E-state index contributed by atoms with van der Waals surface area (Å²) < 4.78 is 5.83. The minimum absolute atomic E-state index is 0.139. The van der Waals surface area contributed by atoms with Crippen molar-refractivity contribution in [2.24, 2.45) is 4.99 Å². The molecule has 4 rings (SSSR count). The number of aliphatic imine (C=N–C) groups is 1. The zero-order chi connectivity index (χ0) is 20.1. The van der Waals surface area contributed by atoms with E-state index in [0.717, 1.165) is 54.8 Å². The molecule has 1 saturated heterocycles. The second kappa shape index (κ2) is 9.29. The summed E-state index contributed by atoms with van der Waals surface area (Å²) in [5.74, 6) is 0.675. The van der Waals surface area contributed by atoms with E-state index in [1.165, 1.54) is 11.8 Å². The molecule has 150 valence electrons. The van der Waals surface area contributed by atoms with Crippen LogP contribution in [0.25, 0.3) is 6.08 Å². The summed E-state index contributed by atoms with van der Waals surface area (Å²) in [6, 6.07) is 17.9. The summed E-state index contributed by atoms with van der Waals surface area (Å²) in [5, 5.41) is 0.846. The second-order valence-corrected chi connectivity index (χ2v) is 8.25. The average molecular weight is 409 g/mol. The highest BCUT2D eigenvalue weighted by Crippen LogP contribution is 2.30. The number of ether oxygens (including phenoxy) is 1. The van der Waals surface area contributed by atoms with Crippen LogP contribution in [-0.2, 0) is 11.4 Å². The van der Waals surface area contributed by atoms with E-state index < -0.39 is 0 Å². The van der Waals surface area contributed by atoms with Gasteiger partial charge in [0.1, 0.15) is 12.4 Å². The Morgan fingerprint density at radius 2 is 1.83 bits per heavy atom. The Labute approximate surface area is 176 Å². The summed E-state index contributed by atoms with van der Waals surface area (Å²) in [7, 11) is 0. The van der Waals surface area contributed by atoms with Gasteiger partial charge in [-0.2, -0.15) is 4.99 Å². The van der Waals surface area contributed by atoms with Gasteiger partial charge in [-0.1, -0.05) is 42.5 Å². The number of quaternary nitrogens is 1. The van der Waals surface area contributed by atoms with Crippen molar-refractivity contribution in [3.8, 4) is 5.75 Å². The maximum Gasteiger partial charge on any atom is 0.286 e. The van der Waals surface area contributed by atoms with Gasteiger partial charge in [-0.15, -0.1) is 0 Å². The third-order valence-electron chi connectivity index (χ3n) is 5.28. The summed E-state index contributed by atoms with van der Waals surface area (Å²) >= 11 is 1.49. The van der Waals surface area contributed by atoms with E-state index in [9.17, 15) is 4.79 Å². The standard InChI is InChI=1S/C23H25N3O2S/c1-2-25-12-14-26(15-13-25)23-24-22(27)21(29-23)16-18-8-10-20(11-9-18)28-17-19-6-4-3-5-7-19/h3-11,16H,2,12-15,17H2,1H3/p+1/b21-16-. The third-order valence-corrected chi connectivity index (χ3v) is 6.32. The van der Waals surface area contributed by atoms with Gasteiger partial charge in [0.2, 0.25) is 0 Å². The number of hydrogen-bond donors (Lipinski definition) is 1. The van der Waals surface area contributed by atoms with Gasteiger partial charge in [0.05, 0.1) is 37.6 Å². The first-order valence-electron chi connectivity index (χ1n) is 10.1. The van der Waals surface area contributed by atoms with Crippen LogP contribution in [0.2, 0.25) is 0 Å². The molecule has 0 unspecified atom stereocenters. The number of thioether (sulfide) groups is 1. The quantitative estimate of drug-likeness (QED) is 0.772. The molecular weight excluding hydrogens is 382 g/mol. The van der Waals surface area contributed by atoms with E-state index in [0.29, 0.717) is 11.5 Å². The zero-order valence-corrected chi connectivity index (χ0v) is 17.5.